The number of fused-ring (bicyclic) bond motifs is 1. The third-order valence-electron chi connectivity index (χ3n) is 5.06. The van der Waals surface area contributed by atoms with Gasteiger partial charge in [-0.15, -0.1) is 0 Å². The first kappa shape index (κ1) is 23.0. The van der Waals surface area contributed by atoms with Crippen LogP contribution in [-0.4, -0.2) is 40.4 Å². The Morgan fingerprint density at radius 3 is 2.58 bits per heavy atom. The lowest BCUT2D eigenvalue weighted by Gasteiger charge is -2.36. The molecule has 0 aliphatic rings. The van der Waals surface area contributed by atoms with Gasteiger partial charge in [0.05, 0.1) is 29.5 Å². The van der Waals surface area contributed by atoms with Crippen molar-refractivity contribution >= 4 is 34.4 Å². The monoisotopic (exact) mass is 457 g/mol. The van der Waals surface area contributed by atoms with E-state index in [1.54, 1.807) is 6.07 Å². The molecule has 0 fully saturated rings. The molecular formula is C21H20ClF4N3O2. The molecule has 1 atom stereocenters. The zero-order valence-corrected chi connectivity index (χ0v) is 17.6. The predicted octanol–water partition coefficient (Wildman–Crippen LogP) is 5.73. The van der Waals surface area contributed by atoms with Crippen LogP contribution in [0.2, 0.25) is 5.02 Å². The summed E-state index contributed by atoms with van der Waals surface area (Å²) in [4.78, 5) is 3.89. The van der Waals surface area contributed by atoms with Crippen molar-refractivity contribution in [2.24, 2.45) is 4.99 Å². The number of nitrogens with one attached hydrogen (secondary N) is 1. The molecule has 1 unspecified atom stereocenters. The van der Waals surface area contributed by atoms with Gasteiger partial charge < -0.3 is 9.84 Å². The fourth-order valence-electron chi connectivity index (χ4n) is 3.52. The molecule has 2 aromatic carbocycles. The van der Waals surface area contributed by atoms with Gasteiger partial charge in [-0.3, -0.25) is 10.1 Å². The summed E-state index contributed by atoms with van der Waals surface area (Å²) < 4.78 is 61.1. The van der Waals surface area contributed by atoms with Crippen molar-refractivity contribution in [3.05, 3.63) is 52.9 Å². The zero-order chi connectivity index (χ0) is 23.0. The second-order valence-corrected chi connectivity index (χ2v) is 8.20. The van der Waals surface area contributed by atoms with Gasteiger partial charge in [-0.2, -0.15) is 18.3 Å². The quantitative estimate of drug-likeness (QED) is 0.367. The van der Waals surface area contributed by atoms with Gasteiger partial charge in [-0.25, -0.2) is 4.39 Å². The van der Waals surface area contributed by atoms with E-state index in [1.165, 1.54) is 45.4 Å². The van der Waals surface area contributed by atoms with E-state index in [0.717, 1.165) is 6.07 Å². The maximum atomic E-state index is 14.1. The molecule has 3 aromatic rings. The van der Waals surface area contributed by atoms with E-state index in [-0.39, 0.29) is 22.0 Å². The van der Waals surface area contributed by atoms with Gasteiger partial charge in [0, 0.05) is 17.2 Å². The van der Waals surface area contributed by atoms with Crippen molar-refractivity contribution in [2.45, 2.75) is 37.5 Å². The van der Waals surface area contributed by atoms with Gasteiger partial charge in [-0.1, -0.05) is 37.6 Å². The number of alkyl halides is 3. The largest absolute Gasteiger partial charge is 0.493 e. The molecule has 0 saturated carbocycles. The van der Waals surface area contributed by atoms with E-state index in [0.29, 0.717) is 17.1 Å². The van der Waals surface area contributed by atoms with Crippen LogP contribution < -0.4 is 4.74 Å². The number of aliphatic imine (C=N–C) groups is 1. The Kier molecular flexibility index (Phi) is 6.03. The van der Waals surface area contributed by atoms with Crippen LogP contribution in [0.1, 0.15) is 25.8 Å². The lowest BCUT2D eigenvalue weighted by molar-refractivity contribution is -0.234. The van der Waals surface area contributed by atoms with Crippen LogP contribution in [0.25, 0.3) is 10.9 Å². The number of hydrogen-bond acceptors (Lipinski definition) is 4. The lowest BCUT2D eigenvalue weighted by Crippen LogP contribution is -2.50. The Balaban J connectivity index is 2.06. The molecule has 0 saturated heterocycles. The fourth-order valence-corrected chi connectivity index (χ4v) is 3.73. The van der Waals surface area contributed by atoms with E-state index >= 15 is 0 Å². The van der Waals surface area contributed by atoms with Crippen LogP contribution in [0.3, 0.4) is 0 Å². The van der Waals surface area contributed by atoms with E-state index in [9.17, 15) is 22.7 Å². The van der Waals surface area contributed by atoms with Crippen LogP contribution in [0.5, 0.6) is 5.75 Å². The zero-order valence-electron chi connectivity index (χ0n) is 16.9. The average Bonchev–Trinajstić information content (AvgIpc) is 3.14. The summed E-state index contributed by atoms with van der Waals surface area (Å²) in [5.41, 5.74) is -3.92. The van der Waals surface area contributed by atoms with Crippen LogP contribution >= 0.6 is 11.6 Å². The number of hydrogen-bond donors (Lipinski definition) is 2. The lowest BCUT2D eigenvalue weighted by atomic mass is 9.74. The number of halogens is 5. The molecule has 2 N–H and O–H groups in total. The second kappa shape index (κ2) is 8.12. The van der Waals surface area contributed by atoms with Crippen LogP contribution in [0.15, 0.2) is 41.5 Å². The molecule has 0 amide bonds. The molecular weight excluding hydrogens is 438 g/mol. The Bertz CT molecular complexity index is 1130. The van der Waals surface area contributed by atoms with Crippen molar-refractivity contribution < 1.29 is 27.4 Å². The summed E-state index contributed by atoms with van der Waals surface area (Å²) >= 11 is 6.11. The number of methoxy groups -OCH3 is 1. The first-order chi connectivity index (χ1) is 14.4. The first-order valence-electron chi connectivity index (χ1n) is 9.18. The minimum atomic E-state index is -5.06. The highest BCUT2D eigenvalue weighted by atomic mass is 35.5. The number of para-hydroxylation sites is 1. The molecule has 3 rings (SSSR count). The minimum absolute atomic E-state index is 0.0386. The molecule has 31 heavy (non-hydrogen) atoms. The molecule has 0 aliphatic carbocycles. The normalized spacial score (nSPS) is 14.9. The number of ether oxygens (including phenoxy) is 1. The maximum absolute atomic E-state index is 14.1. The second-order valence-electron chi connectivity index (χ2n) is 7.79. The van der Waals surface area contributed by atoms with Crippen LogP contribution in [-0.2, 0) is 5.41 Å². The first-order valence-corrected chi connectivity index (χ1v) is 9.56. The van der Waals surface area contributed by atoms with Crippen molar-refractivity contribution in [1.29, 1.82) is 0 Å². The smallest absolute Gasteiger partial charge is 0.422 e. The van der Waals surface area contributed by atoms with Gasteiger partial charge >= 0.3 is 6.18 Å². The molecule has 1 aromatic heterocycles. The fraction of sp³-hybridized carbons (Fsp3) is 0.333. The molecule has 166 valence electrons. The third kappa shape index (κ3) is 4.38. The number of aliphatic hydroxyl groups is 1. The van der Waals surface area contributed by atoms with Crippen molar-refractivity contribution in [2.75, 3.05) is 7.11 Å². The molecule has 10 heteroatoms. The Hall–Kier alpha value is -2.65. The highest BCUT2D eigenvalue weighted by molar-refractivity contribution is 6.34. The summed E-state index contributed by atoms with van der Waals surface area (Å²) in [7, 11) is 1.23. The Labute approximate surface area is 180 Å². The van der Waals surface area contributed by atoms with E-state index < -0.39 is 29.4 Å². The van der Waals surface area contributed by atoms with Crippen LogP contribution in [0, 0.1) is 5.82 Å². The summed E-state index contributed by atoms with van der Waals surface area (Å²) in [6.07, 6.45) is -4.10. The average molecular weight is 458 g/mol. The van der Waals surface area contributed by atoms with Crippen LogP contribution in [0.4, 0.5) is 23.2 Å². The number of H-pyrrole nitrogens is 1. The number of nitrogens with zero attached hydrogens (tertiary/aromatic N) is 2. The van der Waals surface area contributed by atoms with Crippen molar-refractivity contribution in [3.63, 3.8) is 0 Å². The number of benzene rings is 2. The third-order valence-corrected chi connectivity index (χ3v) is 5.36. The minimum Gasteiger partial charge on any atom is -0.493 e. The highest BCUT2D eigenvalue weighted by Gasteiger charge is 2.55. The standard InChI is InChI=1S/C21H20ClF4N3O2/c1-19(2,13-5-4-6-15(23)18(13)31-3)10-20(30,21(24,25)26)11-27-17-12-9-28-29-16(12)8-7-14(17)22/h4-9,11,30H,10H2,1-3H3,(H,28,29)/b27-11+. The van der Waals surface area contributed by atoms with Gasteiger partial charge in [0.25, 0.3) is 0 Å². The summed E-state index contributed by atoms with van der Waals surface area (Å²) in [5.74, 6) is -0.893. The topological polar surface area (TPSA) is 70.5 Å². The van der Waals surface area contributed by atoms with Crippen molar-refractivity contribution in [3.8, 4) is 5.75 Å². The number of aromatic amines is 1. The van der Waals surface area contributed by atoms with Gasteiger partial charge in [-0.05, 0) is 30.0 Å². The Morgan fingerprint density at radius 1 is 1.23 bits per heavy atom. The highest BCUT2D eigenvalue weighted by Crippen LogP contribution is 2.44. The summed E-state index contributed by atoms with van der Waals surface area (Å²) in [5, 5.41) is 17.7. The summed E-state index contributed by atoms with van der Waals surface area (Å²) in [6, 6.07) is 7.04. The van der Waals surface area contributed by atoms with E-state index in [1.807, 2.05) is 0 Å². The van der Waals surface area contributed by atoms with Gasteiger partial charge in [0.2, 0.25) is 0 Å². The molecule has 5 nitrogen and oxygen atoms in total. The van der Waals surface area contributed by atoms with Gasteiger partial charge in [0.1, 0.15) is 0 Å². The van der Waals surface area contributed by atoms with E-state index in [4.69, 9.17) is 16.3 Å². The Morgan fingerprint density at radius 2 is 1.94 bits per heavy atom. The predicted molar refractivity (Wildman–Crippen MR) is 111 cm³/mol. The summed E-state index contributed by atoms with van der Waals surface area (Å²) in [6.45, 7) is 2.91. The SMILES string of the molecule is COc1c(F)cccc1C(C)(C)CC(O)(/C=N/c1c(Cl)ccc2[nH]ncc12)C(F)(F)F. The molecule has 0 bridgehead atoms. The molecule has 1 heterocycles. The maximum Gasteiger partial charge on any atom is 0.422 e. The molecule has 0 aliphatic heterocycles. The molecule has 0 spiro atoms. The number of aromatic nitrogens is 2. The molecule has 0 radical (unpaired) electrons. The van der Waals surface area contributed by atoms with Gasteiger partial charge in [0.15, 0.2) is 17.2 Å². The van der Waals surface area contributed by atoms with E-state index in [2.05, 4.69) is 15.2 Å². The number of rotatable bonds is 6. The van der Waals surface area contributed by atoms with Crippen molar-refractivity contribution in [1.82, 2.24) is 10.2 Å².